The number of nitrogens with zero attached hydrogens (tertiary/aromatic N) is 1. The summed E-state index contributed by atoms with van der Waals surface area (Å²) < 4.78 is 13.4. The quantitative estimate of drug-likeness (QED) is 0.302. The number of carbonyl (C=O) groups excluding carboxylic acids is 1. The third-order valence-corrected chi connectivity index (χ3v) is 9.62. The second-order valence-corrected chi connectivity index (χ2v) is 14.2. The number of fused-ring (bicyclic) bond motifs is 2. The van der Waals surface area contributed by atoms with E-state index in [2.05, 4.69) is 79.5 Å². The maximum atomic E-state index is 11.5. The van der Waals surface area contributed by atoms with Gasteiger partial charge in [0, 0.05) is 44.6 Å². The number of aliphatic hydroxyl groups is 1. The molecule has 3 aliphatic rings. The molecule has 6 heteroatoms. The van der Waals surface area contributed by atoms with Gasteiger partial charge >= 0.3 is 0 Å². The van der Waals surface area contributed by atoms with Gasteiger partial charge in [-0.15, -0.1) is 0 Å². The minimum Gasteiger partial charge on any atom is -0.392 e. The molecule has 3 fully saturated rings. The highest BCUT2D eigenvalue weighted by molar-refractivity contribution is 5.74. The molecule has 2 saturated heterocycles. The van der Waals surface area contributed by atoms with Crippen LogP contribution in [-0.2, 0) is 27.4 Å². The van der Waals surface area contributed by atoms with Crippen molar-refractivity contribution >= 4 is 5.91 Å². The first kappa shape index (κ1) is 30.0. The fourth-order valence-corrected chi connectivity index (χ4v) is 8.08. The molecular formula is C37H46N2O4. The van der Waals surface area contributed by atoms with E-state index >= 15 is 0 Å². The number of hydrogen-bond donors (Lipinski definition) is 2. The number of amides is 1. The summed E-state index contributed by atoms with van der Waals surface area (Å²) in [6.07, 6.45) is 4.08. The summed E-state index contributed by atoms with van der Waals surface area (Å²) in [5.74, 6) is -0.0398. The minimum atomic E-state index is -0.473. The maximum Gasteiger partial charge on any atom is 0.217 e. The van der Waals surface area contributed by atoms with Crippen molar-refractivity contribution < 1.29 is 19.4 Å². The van der Waals surface area contributed by atoms with Crippen molar-refractivity contribution in [3.05, 3.63) is 95.1 Å². The van der Waals surface area contributed by atoms with E-state index in [1.165, 1.54) is 19.3 Å². The molecule has 1 amide bonds. The molecule has 0 aromatic heterocycles. The fourth-order valence-electron chi connectivity index (χ4n) is 8.08. The lowest BCUT2D eigenvalue weighted by atomic mass is 9.65. The molecule has 2 heterocycles. The van der Waals surface area contributed by atoms with Gasteiger partial charge in [-0.2, -0.15) is 0 Å². The van der Waals surface area contributed by atoms with Gasteiger partial charge in [0.05, 0.1) is 18.8 Å². The average molecular weight is 583 g/mol. The highest BCUT2D eigenvalue weighted by Crippen LogP contribution is 2.53. The normalized spacial score (nSPS) is 28.5. The van der Waals surface area contributed by atoms with Crippen molar-refractivity contribution in [3.63, 3.8) is 0 Å². The molecule has 6 nitrogen and oxygen atoms in total. The van der Waals surface area contributed by atoms with E-state index < -0.39 is 6.29 Å². The zero-order valence-electron chi connectivity index (χ0n) is 26.0. The predicted molar refractivity (Wildman–Crippen MR) is 169 cm³/mol. The molecule has 6 rings (SSSR count). The van der Waals surface area contributed by atoms with Crippen LogP contribution in [0.3, 0.4) is 0 Å². The van der Waals surface area contributed by atoms with Crippen LogP contribution in [0.4, 0.5) is 0 Å². The molecule has 1 saturated carbocycles. The Morgan fingerprint density at radius 2 is 1.67 bits per heavy atom. The summed E-state index contributed by atoms with van der Waals surface area (Å²) in [5, 5.41) is 12.5. The van der Waals surface area contributed by atoms with Crippen LogP contribution < -0.4 is 5.32 Å². The first-order chi connectivity index (χ1) is 20.6. The molecule has 2 unspecified atom stereocenters. The number of ether oxygens (including phenoxy) is 2. The molecule has 3 aromatic carbocycles. The fraction of sp³-hybridized carbons (Fsp3) is 0.486. The summed E-state index contributed by atoms with van der Waals surface area (Å²) in [7, 11) is 0. The van der Waals surface area contributed by atoms with Crippen LogP contribution in [-0.4, -0.2) is 41.1 Å². The lowest BCUT2D eigenvalue weighted by Crippen LogP contribution is -2.42. The van der Waals surface area contributed by atoms with Gasteiger partial charge in [0.25, 0.3) is 0 Å². The Kier molecular flexibility index (Phi) is 8.49. The van der Waals surface area contributed by atoms with E-state index in [1.807, 2.05) is 24.3 Å². The molecular weight excluding hydrogens is 536 g/mol. The molecule has 43 heavy (non-hydrogen) atoms. The Bertz CT molecular complexity index is 1420. The van der Waals surface area contributed by atoms with Crippen molar-refractivity contribution in [2.75, 3.05) is 13.1 Å². The maximum absolute atomic E-state index is 11.5. The second-order valence-electron chi connectivity index (χ2n) is 14.2. The summed E-state index contributed by atoms with van der Waals surface area (Å²) >= 11 is 0. The molecule has 2 N–H and O–H groups in total. The molecule has 3 aromatic rings. The number of likely N-dealkylation sites (tertiary alicyclic amines) is 1. The van der Waals surface area contributed by atoms with E-state index in [0.29, 0.717) is 23.4 Å². The number of hydrogen-bond acceptors (Lipinski definition) is 5. The van der Waals surface area contributed by atoms with Gasteiger partial charge in [-0.3, -0.25) is 9.69 Å². The minimum absolute atomic E-state index is 0.0337. The third kappa shape index (κ3) is 6.88. The lowest BCUT2D eigenvalue weighted by molar-refractivity contribution is -0.253. The predicted octanol–water partition coefficient (Wildman–Crippen LogP) is 6.93. The monoisotopic (exact) mass is 582 g/mol. The van der Waals surface area contributed by atoms with E-state index in [-0.39, 0.29) is 24.7 Å². The van der Waals surface area contributed by atoms with Crippen LogP contribution in [0.25, 0.3) is 11.1 Å². The third-order valence-electron chi connectivity index (χ3n) is 9.62. The van der Waals surface area contributed by atoms with Crippen molar-refractivity contribution in [1.29, 1.82) is 0 Å². The van der Waals surface area contributed by atoms with Gasteiger partial charge < -0.3 is 19.9 Å². The highest BCUT2D eigenvalue weighted by atomic mass is 16.7. The largest absolute Gasteiger partial charge is 0.392 e. The van der Waals surface area contributed by atoms with Gasteiger partial charge in [0.1, 0.15) is 0 Å². The van der Waals surface area contributed by atoms with Crippen molar-refractivity contribution in [1.82, 2.24) is 10.2 Å². The number of rotatable bonds is 8. The Hall–Kier alpha value is -3.03. The van der Waals surface area contributed by atoms with Crippen molar-refractivity contribution in [2.45, 2.75) is 91.1 Å². The molecule has 1 aliphatic carbocycles. The van der Waals surface area contributed by atoms with Crippen LogP contribution >= 0.6 is 0 Å². The zero-order chi connectivity index (χ0) is 30.2. The SMILES string of the molecule is CC(=O)NCc1ccccc1-c1ccc([C@@H]2O[C@H](CN3CC4(C)CC3CC(C)(C)C4)C[C@H](c3ccc(CO)cc3)O2)cc1. The highest BCUT2D eigenvalue weighted by Gasteiger charge is 2.50. The summed E-state index contributed by atoms with van der Waals surface area (Å²) in [4.78, 5) is 14.2. The van der Waals surface area contributed by atoms with E-state index in [0.717, 1.165) is 52.9 Å². The van der Waals surface area contributed by atoms with Crippen LogP contribution in [0.15, 0.2) is 72.8 Å². The molecule has 228 valence electrons. The van der Waals surface area contributed by atoms with E-state index in [9.17, 15) is 9.90 Å². The zero-order valence-corrected chi connectivity index (χ0v) is 26.0. The Balaban J connectivity index is 1.23. The summed E-state index contributed by atoms with van der Waals surface area (Å²) in [6.45, 7) is 11.4. The van der Waals surface area contributed by atoms with E-state index in [4.69, 9.17) is 9.47 Å². The van der Waals surface area contributed by atoms with Gasteiger partial charge in [-0.05, 0) is 57.9 Å². The topological polar surface area (TPSA) is 71.0 Å². The Morgan fingerprint density at radius 1 is 0.953 bits per heavy atom. The number of aliphatic hydroxyl groups excluding tert-OH is 1. The standard InChI is InChI=1S/C37H46N2O4/c1-25(41)38-20-30-7-5-6-8-33(30)27-13-15-29(16-14-27)35-42-32(17-34(43-35)28-11-9-26(22-40)10-12-28)21-39-24-37(4)19-31(39)18-36(2,3)23-37/h5-16,31-32,34-35,40H,17-24H2,1-4H3,(H,38,41)/t31?,32-,34+,35+,37?/m0/s1. The first-order valence-electron chi connectivity index (χ1n) is 15.8. The van der Waals surface area contributed by atoms with Gasteiger partial charge in [-0.1, -0.05) is 93.6 Å². The summed E-state index contributed by atoms with van der Waals surface area (Å²) in [6, 6.07) is 25.4. The molecule has 5 atom stereocenters. The van der Waals surface area contributed by atoms with Crippen molar-refractivity contribution in [3.8, 4) is 11.1 Å². The first-order valence-corrected chi connectivity index (χ1v) is 15.8. The molecule has 0 radical (unpaired) electrons. The lowest BCUT2D eigenvalue weighted by Gasteiger charge is -2.41. The molecule has 2 bridgehead atoms. The average Bonchev–Trinajstić information content (AvgIpc) is 3.23. The van der Waals surface area contributed by atoms with Crippen LogP contribution in [0, 0.1) is 10.8 Å². The van der Waals surface area contributed by atoms with E-state index in [1.54, 1.807) is 6.92 Å². The van der Waals surface area contributed by atoms with Crippen LogP contribution in [0.1, 0.15) is 88.0 Å². The molecule has 0 spiro atoms. The Labute approximate surface area is 256 Å². The van der Waals surface area contributed by atoms with Crippen LogP contribution in [0.5, 0.6) is 0 Å². The van der Waals surface area contributed by atoms with Gasteiger partial charge in [-0.25, -0.2) is 0 Å². The Morgan fingerprint density at radius 3 is 2.40 bits per heavy atom. The van der Waals surface area contributed by atoms with Crippen molar-refractivity contribution in [2.24, 2.45) is 10.8 Å². The summed E-state index contributed by atoms with van der Waals surface area (Å²) in [5.41, 5.74) is 7.05. The molecule has 2 aliphatic heterocycles. The van der Waals surface area contributed by atoms with Gasteiger partial charge in [0.2, 0.25) is 5.91 Å². The van der Waals surface area contributed by atoms with Crippen LogP contribution in [0.2, 0.25) is 0 Å². The number of benzene rings is 3. The number of nitrogens with one attached hydrogen (secondary N) is 1. The smallest absolute Gasteiger partial charge is 0.217 e. The number of carbonyl (C=O) groups is 1. The second kappa shape index (κ2) is 12.2. The van der Waals surface area contributed by atoms with Gasteiger partial charge in [0.15, 0.2) is 6.29 Å².